The fourth-order valence-corrected chi connectivity index (χ4v) is 1.73. The van der Waals surface area contributed by atoms with Crippen LogP contribution in [0, 0.1) is 0 Å². The lowest BCUT2D eigenvalue weighted by Gasteiger charge is -2.14. The highest BCUT2D eigenvalue weighted by Gasteiger charge is 2.14. The van der Waals surface area contributed by atoms with Gasteiger partial charge in [-0.3, -0.25) is 4.79 Å². The average molecular weight is 287 g/mol. The molecule has 1 aromatic carbocycles. The van der Waals surface area contributed by atoms with Gasteiger partial charge in [0, 0.05) is 11.9 Å². The van der Waals surface area contributed by atoms with Crippen molar-refractivity contribution < 1.29 is 14.6 Å². The number of ether oxygens (including phenoxy) is 1. The number of aromatic nitrogens is 1. The molecule has 0 fully saturated rings. The molecule has 0 spiro atoms. The molecule has 6 heteroatoms. The fraction of sp³-hybridized carbons (Fsp3) is 0.200. The molecule has 0 bridgehead atoms. The van der Waals surface area contributed by atoms with Gasteiger partial charge in [0.2, 0.25) is 5.88 Å². The molecule has 0 unspecified atom stereocenters. The van der Waals surface area contributed by atoms with Crippen LogP contribution in [0.2, 0.25) is 0 Å². The SMILES string of the molecule is CC(C)Oc1ncccc1NC(=O)c1cc(O)ccc1N. The van der Waals surface area contributed by atoms with Gasteiger partial charge < -0.3 is 20.9 Å². The van der Waals surface area contributed by atoms with Crippen molar-refractivity contribution in [1.82, 2.24) is 4.98 Å². The molecule has 21 heavy (non-hydrogen) atoms. The van der Waals surface area contributed by atoms with Crippen molar-refractivity contribution in [3.63, 3.8) is 0 Å². The summed E-state index contributed by atoms with van der Waals surface area (Å²) in [5.74, 6) is -0.135. The number of phenols is 1. The van der Waals surface area contributed by atoms with Gasteiger partial charge in [-0.2, -0.15) is 0 Å². The van der Waals surface area contributed by atoms with Crippen LogP contribution in [-0.2, 0) is 0 Å². The molecule has 0 aliphatic heterocycles. The second-order valence-electron chi connectivity index (χ2n) is 4.75. The van der Waals surface area contributed by atoms with Gasteiger partial charge in [-0.25, -0.2) is 4.98 Å². The Balaban J connectivity index is 2.25. The predicted octanol–water partition coefficient (Wildman–Crippen LogP) is 2.41. The largest absolute Gasteiger partial charge is 0.508 e. The number of hydrogen-bond donors (Lipinski definition) is 3. The molecule has 1 heterocycles. The van der Waals surface area contributed by atoms with Crippen molar-refractivity contribution in [3.05, 3.63) is 42.1 Å². The van der Waals surface area contributed by atoms with E-state index in [9.17, 15) is 9.90 Å². The summed E-state index contributed by atoms with van der Waals surface area (Å²) in [6.07, 6.45) is 1.51. The molecule has 0 atom stereocenters. The fourth-order valence-electron chi connectivity index (χ4n) is 1.73. The van der Waals surface area contributed by atoms with Crippen LogP contribution in [0.25, 0.3) is 0 Å². The smallest absolute Gasteiger partial charge is 0.258 e. The number of aromatic hydroxyl groups is 1. The molecule has 0 aliphatic carbocycles. The number of nitrogens with two attached hydrogens (primary N) is 1. The minimum atomic E-state index is -0.440. The van der Waals surface area contributed by atoms with Crippen LogP contribution in [0.15, 0.2) is 36.5 Å². The molecule has 2 aromatic rings. The Morgan fingerprint density at radius 3 is 2.86 bits per heavy atom. The number of amides is 1. The predicted molar refractivity (Wildman–Crippen MR) is 80.5 cm³/mol. The van der Waals surface area contributed by atoms with E-state index >= 15 is 0 Å². The molecule has 0 saturated carbocycles. The van der Waals surface area contributed by atoms with E-state index in [4.69, 9.17) is 10.5 Å². The van der Waals surface area contributed by atoms with Crippen molar-refractivity contribution in [2.24, 2.45) is 0 Å². The van der Waals surface area contributed by atoms with Gasteiger partial charge in [-0.15, -0.1) is 0 Å². The number of carbonyl (C=O) groups excluding carboxylic acids is 1. The molecule has 0 radical (unpaired) electrons. The number of phenolic OH excluding ortho intramolecular Hbond substituents is 1. The molecule has 4 N–H and O–H groups in total. The molecular weight excluding hydrogens is 270 g/mol. The Kier molecular flexibility index (Phi) is 4.27. The number of nitrogen functional groups attached to an aromatic ring is 1. The Morgan fingerprint density at radius 1 is 1.38 bits per heavy atom. The summed E-state index contributed by atoms with van der Waals surface area (Å²) in [6, 6.07) is 7.57. The minimum Gasteiger partial charge on any atom is -0.508 e. The van der Waals surface area contributed by atoms with E-state index < -0.39 is 5.91 Å². The topological polar surface area (TPSA) is 97.5 Å². The molecule has 6 nitrogen and oxygen atoms in total. The summed E-state index contributed by atoms with van der Waals surface area (Å²) in [6.45, 7) is 3.74. The summed E-state index contributed by atoms with van der Waals surface area (Å²) in [7, 11) is 0. The Morgan fingerprint density at radius 2 is 2.14 bits per heavy atom. The van der Waals surface area contributed by atoms with Gasteiger partial charge in [0.1, 0.15) is 11.4 Å². The van der Waals surface area contributed by atoms with E-state index in [2.05, 4.69) is 10.3 Å². The van der Waals surface area contributed by atoms with E-state index in [-0.39, 0.29) is 23.1 Å². The molecule has 1 aromatic heterocycles. The lowest BCUT2D eigenvalue weighted by molar-refractivity contribution is 0.102. The van der Waals surface area contributed by atoms with E-state index in [1.54, 1.807) is 18.3 Å². The Labute approximate surface area is 122 Å². The summed E-state index contributed by atoms with van der Waals surface area (Å²) < 4.78 is 5.53. The van der Waals surface area contributed by atoms with Crippen LogP contribution in [0.5, 0.6) is 11.6 Å². The van der Waals surface area contributed by atoms with Crippen LogP contribution in [0.1, 0.15) is 24.2 Å². The highest BCUT2D eigenvalue weighted by molar-refractivity contribution is 6.08. The van der Waals surface area contributed by atoms with Crippen molar-refractivity contribution in [3.8, 4) is 11.6 Å². The van der Waals surface area contributed by atoms with Crippen LogP contribution in [0.3, 0.4) is 0 Å². The molecule has 1 amide bonds. The zero-order valence-electron chi connectivity index (χ0n) is 11.8. The normalized spacial score (nSPS) is 10.4. The maximum absolute atomic E-state index is 12.2. The number of anilines is 2. The summed E-state index contributed by atoms with van der Waals surface area (Å²) >= 11 is 0. The van der Waals surface area contributed by atoms with Gasteiger partial charge in [-0.1, -0.05) is 0 Å². The van der Waals surface area contributed by atoms with Crippen LogP contribution in [-0.4, -0.2) is 22.1 Å². The number of rotatable bonds is 4. The first kappa shape index (κ1) is 14.6. The zero-order valence-corrected chi connectivity index (χ0v) is 11.8. The molecule has 0 saturated heterocycles. The van der Waals surface area contributed by atoms with Crippen molar-refractivity contribution in [2.45, 2.75) is 20.0 Å². The lowest BCUT2D eigenvalue weighted by Crippen LogP contribution is -2.16. The van der Waals surface area contributed by atoms with Crippen molar-refractivity contribution in [1.29, 1.82) is 0 Å². The van der Waals surface area contributed by atoms with Gasteiger partial charge in [0.05, 0.1) is 11.7 Å². The monoisotopic (exact) mass is 287 g/mol. The first-order chi connectivity index (χ1) is 9.97. The highest BCUT2D eigenvalue weighted by atomic mass is 16.5. The van der Waals surface area contributed by atoms with Crippen molar-refractivity contribution >= 4 is 17.3 Å². The average Bonchev–Trinajstić information content (AvgIpc) is 2.43. The third-order valence-corrected chi connectivity index (χ3v) is 2.65. The summed E-state index contributed by atoms with van der Waals surface area (Å²) in [5.41, 5.74) is 6.65. The highest BCUT2D eigenvalue weighted by Crippen LogP contribution is 2.24. The number of nitrogens with one attached hydrogen (secondary N) is 1. The van der Waals surface area contributed by atoms with Crippen LogP contribution in [0.4, 0.5) is 11.4 Å². The molecular formula is C15H17N3O3. The summed E-state index contributed by atoms with van der Waals surface area (Å²) in [4.78, 5) is 16.3. The van der Waals surface area contributed by atoms with Crippen molar-refractivity contribution in [2.75, 3.05) is 11.1 Å². The number of pyridine rings is 1. The van der Waals surface area contributed by atoms with E-state index in [1.807, 2.05) is 13.8 Å². The Hall–Kier alpha value is -2.76. The standard InChI is InChI=1S/C15H17N3O3/c1-9(2)21-15-13(4-3-7-17-15)18-14(20)11-8-10(19)5-6-12(11)16/h3-9,19H,16H2,1-2H3,(H,18,20). The first-order valence-electron chi connectivity index (χ1n) is 6.49. The van der Waals surface area contributed by atoms with Crippen LogP contribution >= 0.6 is 0 Å². The number of hydrogen-bond acceptors (Lipinski definition) is 5. The third-order valence-electron chi connectivity index (χ3n) is 2.65. The van der Waals surface area contributed by atoms with E-state index in [0.717, 1.165) is 0 Å². The van der Waals surface area contributed by atoms with E-state index in [0.29, 0.717) is 11.6 Å². The van der Waals surface area contributed by atoms with Gasteiger partial charge >= 0.3 is 0 Å². The Bertz CT molecular complexity index is 656. The maximum Gasteiger partial charge on any atom is 0.258 e. The number of benzene rings is 1. The second-order valence-corrected chi connectivity index (χ2v) is 4.75. The van der Waals surface area contributed by atoms with Gasteiger partial charge in [0.25, 0.3) is 5.91 Å². The molecule has 0 aliphatic rings. The third kappa shape index (κ3) is 3.62. The zero-order chi connectivity index (χ0) is 15.4. The maximum atomic E-state index is 12.2. The lowest BCUT2D eigenvalue weighted by atomic mass is 10.1. The number of carbonyl (C=O) groups is 1. The second kappa shape index (κ2) is 6.13. The molecule has 2 rings (SSSR count). The van der Waals surface area contributed by atoms with Gasteiger partial charge in [0.15, 0.2) is 0 Å². The first-order valence-corrected chi connectivity index (χ1v) is 6.49. The summed E-state index contributed by atoms with van der Waals surface area (Å²) in [5, 5.41) is 12.1. The quantitative estimate of drug-likeness (QED) is 0.592. The minimum absolute atomic E-state index is 0.0285. The van der Waals surface area contributed by atoms with Gasteiger partial charge in [-0.05, 0) is 44.2 Å². The molecule has 110 valence electrons. The number of nitrogens with zero attached hydrogens (tertiary/aromatic N) is 1. The van der Waals surface area contributed by atoms with Crippen LogP contribution < -0.4 is 15.8 Å². The van der Waals surface area contributed by atoms with E-state index in [1.165, 1.54) is 18.2 Å².